The Kier molecular flexibility index (Phi) is 3.14. The van der Waals surface area contributed by atoms with Crippen LogP contribution in [-0.4, -0.2) is 18.2 Å². The van der Waals surface area contributed by atoms with Crippen LogP contribution in [0, 0.1) is 0 Å². The second-order valence-electron chi connectivity index (χ2n) is 5.24. The zero-order valence-electron chi connectivity index (χ0n) is 10.6. The molecule has 1 aliphatic rings. The highest BCUT2D eigenvalue weighted by molar-refractivity contribution is 7.17. The minimum atomic E-state index is -0.627. The lowest BCUT2D eigenvalue weighted by molar-refractivity contribution is -0.00615. The summed E-state index contributed by atoms with van der Waals surface area (Å²) in [6, 6.07) is 8.97. The zero-order chi connectivity index (χ0) is 12.6. The molecular formula is C15H19NOS. The Morgan fingerprint density at radius 1 is 1.28 bits per heavy atom. The van der Waals surface area contributed by atoms with Crippen molar-refractivity contribution >= 4 is 21.4 Å². The molecule has 2 nitrogen and oxygen atoms in total. The summed E-state index contributed by atoms with van der Waals surface area (Å²) in [6.07, 6.45) is 3.81. The molecule has 0 amide bonds. The van der Waals surface area contributed by atoms with Crippen LogP contribution >= 0.6 is 11.3 Å². The number of rotatable bonds is 2. The van der Waals surface area contributed by atoms with Gasteiger partial charge in [0.1, 0.15) is 0 Å². The molecule has 3 heteroatoms. The smallest absolute Gasteiger partial charge is 0.0911 e. The predicted octanol–water partition coefficient (Wildman–Crippen LogP) is 3.25. The van der Waals surface area contributed by atoms with Gasteiger partial charge in [0.05, 0.1) is 5.60 Å². The van der Waals surface area contributed by atoms with E-state index < -0.39 is 5.60 Å². The molecule has 0 radical (unpaired) electrons. The van der Waals surface area contributed by atoms with Gasteiger partial charge >= 0.3 is 0 Å². The van der Waals surface area contributed by atoms with Gasteiger partial charge < -0.3 is 10.4 Å². The number of hydrogen-bond acceptors (Lipinski definition) is 3. The van der Waals surface area contributed by atoms with Crippen LogP contribution in [0.15, 0.2) is 29.6 Å². The first-order chi connectivity index (χ1) is 8.73. The van der Waals surface area contributed by atoms with Crippen LogP contribution in [0.1, 0.15) is 31.2 Å². The van der Waals surface area contributed by atoms with Crippen LogP contribution in [0.4, 0.5) is 0 Å². The quantitative estimate of drug-likeness (QED) is 0.869. The molecule has 3 rings (SSSR count). The van der Waals surface area contributed by atoms with Crippen LogP contribution in [0.3, 0.4) is 0 Å². The molecule has 0 atom stereocenters. The highest BCUT2D eigenvalue weighted by Crippen LogP contribution is 2.41. The van der Waals surface area contributed by atoms with Crippen LogP contribution in [0.2, 0.25) is 0 Å². The molecule has 2 aromatic rings. The molecule has 1 aromatic carbocycles. The number of fused-ring (bicyclic) bond motifs is 1. The number of nitrogens with one attached hydrogen (secondary N) is 1. The molecule has 96 valence electrons. The maximum atomic E-state index is 11.0. The predicted molar refractivity (Wildman–Crippen MR) is 77.0 cm³/mol. The van der Waals surface area contributed by atoms with Gasteiger partial charge in [0.2, 0.25) is 0 Å². The lowest BCUT2D eigenvalue weighted by Crippen LogP contribution is -2.38. The van der Waals surface area contributed by atoms with Crippen molar-refractivity contribution < 1.29 is 5.11 Å². The molecule has 0 bridgehead atoms. The third-order valence-corrected chi connectivity index (χ3v) is 5.16. The molecule has 0 saturated heterocycles. The normalized spacial score (nSPS) is 28.7. The Hall–Kier alpha value is -0.900. The molecule has 1 aliphatic carbocycles. The number of benzene rings is 1. The van der Waals surface area contributed by atoms with Gasteiger partial charge in [-0.15, -0.1) is 11.3 Å². The van der Waals surface area contributed by atoms with Crippen molar-refractivity contribution in [3.8, 4) is 0 Å². The highest BCUT2D eigenvalue weighted by atomic mass is 32.1. The minimum Gasteiger partial charge on any atom is -0.385 e. The van der Waals surface area contributed by atoms with E-state index in [-0.39, 0.29) is 0 Å². The maximum absolute atomic E-state index is 11.0. The fourth-order valence-electron chi connectivity index (χ4n) is 3.01. The van der Waals surface area contributed by atoms with E-state index in [0.717, 1.165) is 31.2 Å². The van der Waals surface area contributed by atoms with Crippen LogP contribution in [0.5, 0.6) is 0 Å². The Bertz CT molecular complexity index is 540. The summed E-state index contributed by atoms with van der Waals surface area (Å²) in [5.41, 5.74) is 0.502. The molecule has 18 heavy (non-hydrogen) atoms. The standard InChI is InChI=1S/C15H19NOS/c1-16-12-5-8-15(17,9-6-12)13-4-2-3-11-7-10-18-14(11)13/h2-4,7,10,12,16-17H,5-6,8-9H2,1H3. The lowest BCUT2D eigenvalue weighted by atomic mass is 9.77. The summed E-state index contributed by atoms with van der Waals surface area (Å²) >= 11 is 1.74. The van der Waals surface area contributed by atoms with Crippen molar-refractivity contribution in [2.24, 2.45) is 0 Å². The van der Waals surface area contributed by atoms with Gasteiger partial charge in [0.15, 0.2) is 0 Å². The first kappa shape index (κ1) is 12.2. The Labute approximate surface area is 112 Å². The number of aliphatic hydroxyl groups is 1. The maximum Gasteiger partial charge on any atom is 0.0911 e. The molecule has 0 aliphatic heterocycles. The van der Waals surface area contributed by atoms with E-state index in [4.69, 9.17) is 0 Å². The molecule has 1 heterocycles. The molecule has 1 saturated carbocycles. The minimum absolute atomic E-state index is 0.563. The van der Waals surface area contributed by atoms with Gasteiger partial charge in [-0.25, -0.2) is 0 Å². The van der Waals surface area contributed by atoms with Crippen molar-refractivity contribution in [2.45, 2.75) is 37.3 Å². The third kappa shape index (κ3) is 1.96. The van der Waals surface area contributed by atoms with E-state index in [1.165, 1.54) is 10.1 Å². The van der Waals surface area contributed by atoms with Gasteiger partial charge in [0, 0.05) is 16.3 Å². The molecule has 2 N–H and O–H groups in total. The summed E-state index contributed by atoms with van der Waals surface area (Å²) in [4.78, 5) is 0. The molecule has 0 spiro atoms. The van der Waals surface area contributed by atoms with Crippen molar-refractivity contribution in [2.75, 3.05) is 7.05 Å². The monoisotopic (exact) mass is 261 g/mol. The fourth-order valence-corrected chi connectivity index (χ4v) is 4.02. The lowest BCUT2D eigenvalue weighted by Gasteiger charge is -2.36. The van der Waals surface area contributed by atoms with Crippen molar-refractivity contribution in [3.05, 3.63) is 35.2 Å². The average Bonchev–Trinajstić information content (AvgIpc) is 2.87. The number of hydrogen-bond donors (Lipinski definition) is 2. The van der Waals surface area contributed by atoms with E-state index in [9.17, 15) is 5.11 Å². The molecule has 1 aromatic heterocycles. The van der Waals surface area contributed by atoms with Crippen LogP contribution in [0.25, 0.3) is 10.1 Å². The van der Waals surface area contributed by atoms with Crippen LogP contribution in [-0.2, 0) is 5.60 Å². The van der Waals surface area contributed by atoms with E-state index in [1.54, 1.807) is 11.3 Å². The SMILES string of the molecule is CNC1CCC(O)(c2cccc3ccsc23)CC1. The third-order valence-electron chi connectivity index (χ3n) is 4.20. The first-order valence-electron chi connectivity index (χ1n) is 6.59. The van der Waals surface area contributed by atoms with E-state index >= 15 is 0 Å². The van der Waals surface area contributed by atoms with Gasteiger partial charge in [0.25, 0.3) is 0 Å². The van der Waals surface area contributed by atoms with E-state index in [0.29, 0.717) is 6.04 Å². The van der Waals surface area contributed by atoms with Gasteiger partial charge in [-0.2, -0.15) is 0 Å². The van der Waals surface area contributed by atoms with Crippen molar-refractivity contribution in [3.63, 3.8) is 0 Å². The summed E-state index contributed by atoms with van der Waals surface area (Å²) < 4.78 is 1.25. The molecule has 0 unspecified atom stereocenters. The van der Waals surface area contributed by atoms with Gasteiger partial charge in [-0.3, -0.25) is 0 Å². The Morgan fingerprint density at radius 2 is 2.06 bits per heavy atom. The van der Waals surface area contributed by atoms with Crippen molar-refractivity contribution in [1.82, 2.24) is 5.32 Å². The summed E-state index contributed by atoms with van der Waals surface area (Å²) in [5, 5.41) is 17.6. The number of thiophene rings is 1. The van der Waals surface area contributed by atoms with Gasteiger partial charge in [-0.05, 0) is 49.6 Å². The Morgan fingerprint density at radius 3 is 2.78 bits per heavy atom. The second-order valence-corrected chi connectivity index (χ2v) is 6.16. The second kappa shape index (κ2) is 4.65. The summed E-state index contributed by atoms with van der Waals surface area (Å²) in [6.45, 7) is 0. The first-order valence-corrected chi connectivity index (χ1v) is 7.47. The van der Waals surface area contributed by atoms with Gasteiger partial charge in [-0.1, -0.05) is 18.2 Å². The molecular weight excluding hydrogens is 242 g/mol. The van der Waals surface area contributed by atoms with E-state index in [1.807, 2.05) is 7.05 Å². The average molecular weight is 261 g/mol. The largest absolute Gasteiger partial charge is 0.385 e. The fraction of sp³-hybridized carbons (Fsp3) is 0.467. The molecule has 1 fully saturated rings. The summed E-state index contributed by atoms with van der Waals surface area (Å²) in [5.74, 6) is 0. The highest BCUT2D eigenvalue weighted by Gasteiger charge is 2.35. The zero-order valence-corrected chi connectivity index (χ0v) is 11.5. The van der Waals surface area contributed by atoms with Crippen LogP contribution < -0.4 is 5.32 Å². The Balaban J connectivity index is 1.96. The summed E-state index contributed by atoms with van der Waals surface area (Å²) in [7, 11) is 2.01. The van der Waals surface area contributed by atoms with Crippen molar-refractivity contribution in [1.29, 1.82) is 0 Å². The topological polar surface area (TPSA) is 32.3 Å². The van der Waals surface area contributed by atoms with E-state index in [2.05, 4.69) is 35.0 Å².